The van der Waals surface area contributed by atoms with Crippen LogP contribution in [0.3, 0.4) is 0 Å². The van der Waals surface area contributed by atoms with E-state index in [-0.39, 0.29) is 11.9 Å². The van der Waals surface area contributed by atoms with Crippen molar-refractivity contribution < 1.29 is 4.79 Å². The van der Waals surface area contributed by atoms with Crippen molar-refractivity contribution in [1.82, 2.24) is 4.90 Å². The van der Waals surface area contributed by atoms with E-state index in [9.17, 15) is 4.79 Å². The minimum atomic E-state index is -0.233. The SMILES string of the molecule is Cc1ccc(C)c(NC(=O)[C@H](c2ccccc2)N2CCC[C@H](C)C2)c1. The van der Waals surface area contributed by atoms with Crippen LogP contribution in [0.2, 0.25) is 0 Å². The van der Waals surface area contributed by atoms with Crippen molar-refractivity contribution in [3.05, 3.63) is 65.2 Å². The molecule has 1 aliphatic rings. The molecule has 1 heterocycles. The molecule has 3 nitrogen and oxygen atoms in total. The summed E-state index contributed by atoms with van der Waals surface area (Å²) in [5.41, 5.74) is 4.23. The van der Waals surface area contributed by atoms with Gasteiger partial charge in [0.15, 0.2) is 0 Å². The van der Waals surface area contributed by atoms with Crippen molar-refractivity contribution in [1.29, 1.82) is 0 Å². The summed E-state index contributed by atoms with van der Waals surface area (Å²) >= 11 is 0. The van der Waals surface area contributed by atoms with Crippen LogP contribution in [0.15, 0.2) is 48.5 Å². The number of anilines is 1. The van der Waals surface area contributed by atoms with Crippen molar-refractivity contribution in [3.8, 4) is 0 Å². The average molecular weight is 336 g/mol. The van der Waals surface area contributed by atoms with Crippen LogP contribution in [-0.2, 0) is 4.79 Å². The highest BCUT2D eigenvalue weighted by Crippen LogP contribution is 2.28. The van der Waals surface area contributed by atoms with Gasteiger partial charge in [-0.2, -0.15) is 0 Å². The zero-order valence-electron chi connectivity index (χ0n) is 15.5. The van der Waals surface area contributed by atoms with Gasteiger partial charge in [-0.3, -0.25) is 9.69 Å². The molecule has 2 atom stereocenters. The summed E-state index contributed by atoms with van der Waals surface area (Å²) in [4.78, 5) is 15.6. The Kier molecular flexibility index (Phi) is 5.54. The molecule has 1 aliphatic heterocycles. The summed E-state index contributed by atoms with van der Waals surface area (Å²) in [5, 5.41) is 3.18. The Morgan fingerprint density at radius 2 is 1.92 bits per heavy atom. The Morgan fingerprint density at radius 3 is 2.64 bits per heavy atom. The molecular formula is C22H28N2O. The number of amides is 1. The first-order valence-corrected chi connectivity index (χ1v) is 9.21. The molecule has 3 heteroatoms. The topological polar surface area (TPSA) is 32.3 Å². The van der Waals surface area contributed by atoms with E-state index in [1.807, 2.05) is 31.2 Å². The van der Waals surface area contributed by atoms with Gasteiger partial charge in [0.2, 0.25) is 5.91 Å². The molecule has 1 saturated heterocycles. The van der Waals surface area contributed by atoms with E-state index in [0.29, 0.717) is 5.92 Å². The number of hydrogen-bond acceptors (Lipinski definition) is 2. The van der Waals surface area contributed by atoms with E-state index in [1.54, 1.807) is 0 Å². The minimum Gasteiger partial charge on any atom is -0.324 e. The zero-order valence-corrected chi connectivity index (χ0v) is 15.5. The van der Waals surface area contributed by atoms with Gasteiger partial charge in [0, 0.05) is 12.2 Å². The highest BCUT2D eigenvalue weighted by molar-refractivity contribution is 5.96. The normalized spacial score (nSPS) is 19.4. The Balaban J connectivity index is 1.88. The number of nitrogens with zero attached hydrogens (tertiary/aromatic N) is 1. The predicted octanol–water partition coefficient (Wildman–Crippen LogP) is 4.72. The van der Waals surface area contributed by atoms with Gasteiger partial charge in [0.25, 0.3) is 0 Å². The molecule has 0 aromatic heterocycles. The summed E-state index contributed by atoms with van der Waals surface area (Å²) in [7, 11) is 0. The third-order valence-electron chi connectivity index (χ3n) is 5.07. The molecule has 0 bridgehead atoms. The molecule has 1 amide bonds. The van der Waals surface area contributed by atoms with Crippen LogP contribution in [0.5, 0.6) is 0 Å². The number of nitrogens with one attached hydrogen (secondary N) is 1. The predicted molar refractivity (Wildman–Crippen MR) is 104 cm³/mol. The number of likely N-dealkylation sites (tertiary alicyclic amines) is 1. The second kappa shape index (κ2) is 7.83. The van der Waals surface area contributed by atoms with Gasteiger partial charge in [-0.05, 0) is 61.9 Å². The molecule has 3 rings (SSSR count). The van der Waals surface area contributed by atoms with E-state index in [1.165, 1.54) is 6.42 Å². The summed E-state index contributed by atoms with van der Waals surface area (Å²) in [6.45, 7) is 8.31. The van der Waals surface area contributed by atoms with Gasteiger partial charge >= 0.3 is 0 Å². The summed E-state index contributed by atoms with van der Waals surface area (Å²) < 4.78 is 0. The number of aryl methyl sites for hydroxylation is 2. The summed E-state index contributed by atoms with van der Waals surface area (Å²) in [6.07, 6.45) is 2.40. The average Bonchev–Trinajstić information content (AvgIpc) is 2.59. The summed E-state index contributed by atoms with van der Waals surface area (Å²) in [6, 6.07) is 16.1. The van der Waals surface area contributed by atoms with Crippen molar-refractivity contribution in [2.45, 2.75) is 39.7 Å². The molecule has 25 heavy (non-hydrogen) atoms. The molecule has 132 valence electrons. The number of benzene rings is 2. The zero-order chi connectivity index (χ0) is 17.8. The lowest BCUT2D eigenvalue weighted by molar-refractivity contribution is -0.122. The minimum absolute atomic E-state index is 0.0639. The third-order valence-corrected chi connectivity index (χ3v) is 5.07. The van der Waals surface area contributed by atoms with E-state index in [4.69, 9.17) is 0 Å². The second-order valence-electron chi connectivity index (χ2n) is 7.36. The molecule has 0 radical (unpaired) electrons. The van der Waals surface area contributed by atoms with E-state index in [0.717, 1.165) is 41.9 Å². The van der Waals surface area contributed by atoms with Gasteiger partial charge in [0.1, 0.15) is 6.04 Å². The Bertz CT molecular complexity index is 726. The molecular weight excluding hydrogens is 308 g/mol. The van der Waals surface area contributed by atoms with E-state index in [2.05, 4.69) is 48.3 Å². The summed E-state index contributed by atoms with van der Waals surface area (Å²) in [5.74, 6) is 0.697. The van der Waals surface area contributed by atoms with Gasteiger partial charge in [-0.1, -0.05) is 49.4 Å². The number of hydrogen-bond donors (Lipinski definition) is 1. The van der Waals surface area contributed by atoms with E-state index >= 15 is 0 Å². The lowest BCUT2D eigenvalue weighted by Gasteiger charge is -2.36. The molecule has 0 spiro atoms. The lowest BCUT2D eigenvalue weighted by Crippen LogP contribution is -2.42. The number of piperidine rings is 1. The van der Waals surface area contributed by atoms with Crippen LogP contribution in [-0.4, -0.2) is 23.9 Å². The molecule has 2 aromatic rings. The van der Waals surface area contributed by atoms with Crippen LogP contribution in [0, 0.1) is 19.8 Å². The maximum absolute atomic E-state index is 13.2. The first-order valence-electron chi connectivity index (χ1n) is 9.21. The van der Waals surface area contributed by atoms with Gasteiger partial charge in [-0.25, -0.2) is 0 Å². The highest BCUT2D eigenvalue weighted by atomic mass is 16.2. The highest BCUT2D eigenvalue weighted by Gasteiger charge is 2.30. The molecule has 0 saturated carbocycles. The number of rotatable bonds is 4. The first-order chi connectivity index (χ1) is 12.0. The van der Waals surface area contributed by atoms with E-state index < -0.39 is 0 Å². The number of carbonyl (C=O) groups excluding carboxylic acids is 1. The Morgan fingerprint density at radius 1 is 1.16 bits per heavy atom. The number of carbonyl (C=O) groups is 1. The fourth-order valence-corrected chi connectivity index (χ4v) is 3.70. The van der Waals surface area contributed by atoms with Gasteiger partial charge in [0.05, 0.1) is 0 Å². The second-order valence-corrected chi connectivity index (χ2v) is 7.36. The molecule has 1 fully saturated rings. The molecule has 2 aromatic carbocycles. The van der Waals surface area contributed by atoms with Gasteiger partial charge < -0.3 is 5.32 Å². The molecule has 0 aliphatic carbocycles. The smallest absolute Gasteiger partial charge is 0.246 e. The Labute approximate surface area is 151 Å². The van der Waals surface area contributed by atoms with Crippen LogP contribution in [0.4, 0.5) is 5.69 Å². The van der Waals surface area contributed by atoms with Crippen molar-refractivity contribution in [2.75, 3.05) is 18.4 Å². The standard InChI is InChI=1S/C22H28N2O/c1-16-11-12-18(3)20(14-16)23-22(25)21(19-9-5-4-6-10-19)24-13-7-8-17(2)15-24/h4-6,9-12,14,17,21H,7-8,13,15H2,1-3H3,(H,23,25)/t17-,21-/m0/s1. The van der Waals surface area contributed by atoms with Crippen molar-refractivity contribution >= 4 is 11.6 Å². The van der Waals surface area contributed by atoms with Crippen LogP contribution >= 0.6 is 0 Å². The van der Waals surface area contributed by atoms with Crippen LogP contribution in [0.25, 0.3) is 0 Å². The molecule has 1 N–H and O–H groups in total. The lowest BCUT2D eigenvalue weighted by atomic mass is 9.95. The first kappa shape index (κ1) is 17.7. The quantitative estimate of drug-likeness (QED) is 0.876. The fourth-order valence-electron chi connectivity index (χ4n) is 3.70. The maximum atomic E-state index is 13.2. The van der Waals surface area contributed by atoms with Crippen LogP contribution in [0.1, 0.15) is 42.5 Å². The monoisotopic (exact) mass is 336 g/mol. The largest absolute Gasteiger partial charge is 0.324 e. The van der Waals surface area contributed by atoms with Crippen LogP contribution < -0.4 is 5.32 Å². The van der Waals surface area contributed by atoms with Crippen molar-refractivity contribution in [3.63, 3.8) is 0 Å². The Hall–Kier alpha value is -2.13. The third kappa shape index (κ3) is 4.29. The van der Waals surface area contributed by atoms with Crippen molar-refractivity contribution in [2.24, 2.45) is 5.92 Å². The molecule has 0 unspecified atom stereocenters. The maximum Gasteiger partial charge on any atom is 0.246 e. The van der Waals surface area contributed by atoms with Gasteiger partial charge in [-0.15, -0.1) is 0 Å². The fraction of sp³-hybridized carbons (Fsp3) is 0.409.